The second-order valence-corrected chi connectivity index (χ2v) is 9.92. The first-order valence-corrected chi connectivity index (χ1v) is 12.1. The van der Waals surface area contributed by atoms with Gasteiger partial charge in [0, 0.05) is 36.7 Å². The number of hydrogen-bond donors (Lipinski definition) is 1. The van der Waals surface area contributed by atoms with Crippen LogP contribution in [0.15, 0.2) is 34.5 Å². The molecule has 0 spiro atoms. The second kappa shape index (κ2) is 9.79. The highest BCUT2D eigenvalue weighted by molar-refractivity contribution is 6.30. The Hall–Kier alpha value is -2.12. The average molecular weight is 460 g/mol. The highest BCUT2D eigenvalue weighted by Crippen LogP contribution is 2.38. The molecule has 2 unspecified atom stereocenters. The van der Waals surface area contributed by atoms with Crippen molar-refractivity contribution in [2.45, 2.75) is 64.5 Å². The van der Waals surface area contributed by atoms with Crippen molar-refractivity contribution in [2.75, 3.05) is 26.2 Å². The van der Waals surface area contributed by atoms with Gasteiger partial charge in [0.2, 0.25) is 0 Å². The fraction of sp³-hybridized carbons (Fsp3) is 0.625. The zero-order valence-electron chi connectivity index (χ0n) is 19.1. The summed E-state index contributed by atoms with van der Waals surface area (Å²) in [5.41, 5.74) is 6.64. The molecule has 2 fully saturated rings. The molecular formula is C24H34ClN5O2. The first kappa shape index (κ1) is 23.1. The van der Waals surface area contributed by atoms with Crippen LogP contribution in [-0.4, -0.2) is 65.8 Å². The van der Waals surface area contributed by atoms with Crippen LogP contribution in [0.4, 0.5) is 0 Å². The third-order valence-corrected chi connectivity index (χ3v) is 7.37. The Kier molecular flexibility index (Phi) is 7.05. The lowest BCUT2D eigenvalue weighted by molar-refractivity contribution is -0.160. The zero-order valence-corrected chi connectivity index (χ0v) is 19.9. The summed E-state index contributed by atoms with van der Waals surface area (Å²) in [5, 5.41) is 8.99. The Labute approximate surface area is 195 Å². The normalized spacial score (nSPS) is 27.2. The van der Waals surface area contributed by atoms with Crippen molar-refractivity contribution < 1.29 is 9.53 Å². The molecule has 1 aromatic rings. The number of amidine groups is 2. The molecule has 0 bridgehead atoms. The molecule has 0 saturated carbocycles. The van der Waals surface area contributed by atoms with Gasteiger partial charge in [0.25, 0.3) is 0 Å². The molecule has 3 aliphatic heterocycles. The highest BCUT2D eigenvalue weighted by atomic mass is 35.5. The van der Waals surface area contributed by atoms with Crippen molar-refractivity contribution in [1.82, 2.24) is 9.80 Å². The minimum absolute atomic E-state index is 0.0692. The predicted octanol–water partition coefficient (Wildman–Crippen LogP) is 3.46. The van der Waals surface area contributed by atoms with Gasteiger partial charge in [-0.15, -0.1) is 10.2 Å². The Morgan fingerprint density at radius 3 is 2.56 bits per heavy atom. The van der Waals surface area contributed by atoms with Crippen LogP contribution in [0.1, 0.15) is 51.5 Å². The van der Waals surface area contributed by atoms with E-state index < -0.39 is 5.41 Å². The Morgan fingerprint density at radius 2 is 1.94 bits per heavy atom. The molecule has 3 heterocycles. The van der Waals surface area contributed by atoms with E-state index in [1.54, 1.807) is 0 Å². The van der Waals surface area contributed by atoms with Gasteiger partial charge in [-0.1, -0.05) is 23.7 Å². The van der Waals surface area contributed by atoms with Crippen LogP contribution in [0.5, 0.6) is 0 Å². The maximum atomic E-state index is 12.8. The minimum atomic E-state index is -0.457. The molecule has 174 valence electrons. The van der Waals surface area contributed by atoms with Crippen LogP contribution in [0.3, 0.4) is 0 Å². The summed E-state index contributed by atoms with van der Waals surface area (Å²) < 4.78 is 5.45. The van der Waals surface area contributed by atoms with Gasteiger partial charge in [0.15, 0.2) is 0 Å². The van der Waals surface area contributed by atoms with Crippen molar-refractivity contribution in [2.24, 2.45) is 21.4 Å². The SMILES string of the molecule is CCOC(=O)C1(C)CCC(Cc2ccc(Cl)cc2)N(C2CCN(C3=NN=C(N)C3)CC2)C1. The van der Waals surface area contributed by atoms with Gasteiger partial charge in [-0.25, -0.2) is 0 Å². The number of hydrogen-bond acceptors (Lipinski definition) is 7. The van der Waals surface area contributed by atoms with E-state index in [-0.39, 0.29) is 5.97 Å². The van der Waals surface area contributed by atoms with Crippen molar-refractivity contribution in [3.8, 4) is 0 Å². The quantitative estimate of drug-likeness (QED) is 0.682. The fourth-order valence-corrected chi connectivity index (χ4v) is 5.38. The van der Waals surface area contributed by atoms with E-state index in [9.17, 15) is 4.79 Å². The van der Waals surface area contributed by atoms with E-state index in [1.807, 2.05) is 19.1 Å². The van der Waals surface area contributed by atoms with Gasteiger partial charge < -0.3 is 15.4 Å². The van der Waals surface area contributed by atoms with Crippen LogP contribution in [-0.2, 0) is 16.0 Å². The third kappa shape index (κ3) is 5.09. The molecule has 0 aliphatic carbocycles. The number of nitrogens with zero attached hydrogens (tertiary/aromatic N) is 4. The summed E-state index contributed by atoms with van der Waals surface area (Å²) >= 11 is 6.09. The van der Waals surface area contributed by atoms with Gasteiger partial charge in [0.1, 0.15) is 11.7 Å². The smallest absolute Gasteiger partial charge is 0.313 e. The number of piperidine rings is 2. The number of esters is 1. The molecule has 8 heteroatoms. The Morgan fingerprint density at radius 1 is 1.22 bits per heavy atom. The average Bonchev–Trinajstić information content (AvgIpc) is 3.23. The number of ether oxygens (including phenoxy) is 1. The van der Waals surface area contributed by atoms with Gasteiger partial charge >= 0.3 is 5.97 Å². The second-order valence-electron chi connectivity index (χ2n) is 9.48. The molecule has 4 rings (SSSR count). The lowest BCUT2D eigenvalue weighted by Crippen LogP contribution is -2.58. The van der Waals surface area contributed by atoms with Crippen LogP contribution >= 0.6 is 11.6 Å². The first-order chi connectivity index (χ1) is 15.4. The molecule has 2 saturated heterocycles. The van der Waals surface area contributed by atoms with Crippen LogP contribution < -0.4 is 5.73 Å². The summed E-state index contributed by atoms with van der Waals surface area (Å²) in [6.45, 7) is 6.99. The lowest BCUT2D eigenvalue weighted by atomic mass is 9.77. The number of benzene rings is 1. The molecule has 1 aromatic carbocycles. The number of likely N-dealkylation sites (tertiary alicyclic amines) is 2. The van der Waals surface area contributed by atoms with Gasteiger partial charge in [-0.05, 0) is 63.6 Å². The number of carbonyl (C=O) groups excluding carboxylic acids is 1. The number of nitrogens with two attached hydrogens (primary N) is 1. The summed E-state index contributed by atoms with van der Waals surface area (Å²) in [6.07, 6.45) is 5.52. The standard InChI is InChI=1S/C24H34ClN5O2/c1-3-32-23(31)24(2)11-8-20(14-17-4-6-18(25)7-5-17)30(16-24)19-9-12-29(13-10-19)22-15-21(26)27-28-22/h4-7,19-20H,3,8-16H2,1-2H3,(H2,26,27). The highest BCUT2D eigenvalue weighted by Gasteiger charge is 2.45. The largest absolute Gasteiger partial charge is 0.466 e. The van der Waals surface area contributed by atoms with E-state index in [0.29, 0.717) is 30.9 Å². The molecule has 0 radical (unpaired) electrons. The fourth-order valence-electron chi connectivity index (χ4n) is 5.26. The van der Waals surface area contributed by atoms with Crippen molar-refractivity contribution in [3.63, 3.8) is 0 Å². The van der Waals surface area contributed by atoms with Crippen molar-refractivity contribution in [1.29, 1.82) is 0 Å². The van der Waals surface area contributed by atoms with E-state index in [4.69, 9.17) is 22.1 Å². The zero-order chi connectivity index (χ0) is 22.7. The molecule has 3 aliphatic rings. The Balaban J connectivity index is 1.47. The van der Waals surface area contributed by atoms with Crippen LogP contribution in [0.25, 0.3) is 0 Å². The molecule has 2 N–H and O–H groups in total. The van der Waals surface area contributed by atoms with Crippen molar-refractivity contribution >= 4 is 29.2 Å². The molecule has 32 heavy (non-hydrogen) atoms. The van der Waals surface area contributed by atoms with E-state index in [0.717, 1.165) is 62.6 Å². The number of carbonyl (C=O) groups is 1. The topological polar surface area (TPSA) is 83.5 Å². The molecular weight excluding hydrogens is 426 g/mol. The van der Waals surface area contributed by atoms with E-state index >= 15 is 0 Å². The van der Waals surface area contributed by atoms with Gasteiger partial charge in [-0.3, -0.25) is 9.69 Å². The van der Waals surface area contributed by atoms with Crippen LogP contribution in [0, 0.1) is 5.41 Å². The minimum Gasteiger partial charge on any atom is -0.466 e. The summed E-state index contributed by atoms with van der Waals surface area (Å²) in [5.74, 6) is 1.50. The van der Waals surface area contributed by atoms with Crippen molar-refractivity contribution in [3.05, 3.63) is 34.9 Å². The monoisotopic (exact) mass is 459 g/mol. The lowest BCUT2D eigenvalue weighted by Gasteiger charge is -2.49. The molecule has 0 aromatic heterocycles. The third-order valence-electron chi connectivity index (χ3n) is 7.11. The summed E-state index contributed by atoms with van der Waals surface area (Å²) in [6, 6.07) is 8.98. The maximum absolute atomic E-state index is 12.8. The summed E-state index contributed by atoms with van der Waals surface area (Å²) in [4.78, 5) is 17.7. The molecule has 7 nitrogen and oxygen atoms in total. The van der Waals surface area contributed by atoms with E-state index in [1.165, 1.54) is 5.56 Å². The number of halogens is 1. The first-order valence-electron chi connectivity index (χ1n) is 11.7. The Bertz CT molecular complexity index is 879. The molecule has 2 atom stereocenters. The van der Waals surface area contributed by atoms with Gasteiger partial charge in [0.05, 0.1) is 18.4 Å². The molecule has 0 amide bonds. The summed E-state index contributed by atoms with van der Waals surface area (Å²) in [7, 11) is 0. The maximum Gasteiger partial charge on any atom is 0.313 e. The van der Waals surface area contributed by atoms with Crippen LogP contribution in [0.2, 0.25) is 5.02 Å². The predicted molar refractivity (Wildman–Crippen MR) is 128 cm³/mol. The van der Waals surface area contributed by atoms with Gasteiger partial charge in [-0.2, -0.15) is 0 Å². The van der Waals surface area contributed by atoms with E-state index in [2.05, 4.69) is 39.1 Å². The number of rotatable bonds is 5.